The van der Waals surface area contributed by atoms with Gasteiger partial charge in [0, 0.05) is 18.3 Å². The zero-order valence-corrected chi connectivity index (χ0v) is 10.7. The molecule has 0 atom stereocenters. The fraction of sp³-hybridized carbons (Fsp3) is 0.615. The molecule has 1 aromatic heterocycles. The first-order valence-corrected chi connectivity index (χ1v) is 5.89. The molecule has 0 aliphatic heterocycles. The lowest BCUT2D eigenvalue weighted by Crippen LogP contribution is -2.20. The Labute approximate surface area is 102 Å². The average molecular weight is 233 g/mol. The molecule has 0 amide bonds. The molecule has 0 N–H and O–H groups in total. The van der Waals surface area contributed by atoms with Gasteiger partial charge >= 0.3 is 0 Å². The van der Waals surface area contributed by atoms with Gasteiger partial charge in [-0.2, -0.15) is 5.26 Å². The van der Waals surface area contributed by atoms with Gasteiger partial charge in [-0.3, -0.25) is 9.36 Å². The van der Waals surface area contributed by atoms with E-state index in [2.05, 4.69) is 11.1 Å². The first-order valence-electron chi connectivity index (χ1n) is 5.89. The quantitative estimate of drug-likeness (QED) is 0.733. The van der Waals surface area contributed by atoms with Crippen LogP contribution in [0.2, 0.25) is 0 Å². The minimum Gasteiger partial charge on any atom is -0.299 e. The van der Waals surface area contributed by atoms with E-state index in [1.807, 2.05) is 13.8 Å². The maximum Gasteiger partial charge on any atom is 0.253 e. The van der Waals surface area contributed by atoms with Gasteiger partial charge in [0.1, 0.15) is 0 Å². The van der Waals surface area contributed by atoms with Crippen molar-refractivity contribution in [2.75, 3.05) is 0 Å². The molecule has 92 valence electrons. The Bertz CT molecular complexity index is 468. The molecule has 0 aliphatic carbocycles. The Morgan fingerprint density at radius 1 is 1.47 bits per heavy atom. The van der Waals surface area contributed by atoms with Crippen LogP contribution in [-0.2, 0) is 6.54 Å². The van der Waals surface area contributed by atoms with Crippen LogP contribution in [0, 0.1) is 23.7 Å². The highest BCUT2D eigenvalue weighted by Gasteiger charge is 2.15. The average Bonchev–Trinajstić information content (AvgIpc) is 2.27. The number of aromatic nitrogens is 2. The van der Waals surface area contributed by atoms with E-state index in [9.17, 15) is 4.79 Å². The largest absolute Gasteiger partial charge is 0.299 e. The Balaban J connectivity index is 2.42. The van der Waals surface area contributed by atoms with Gasteiger partial charge in [-0.25, -0.2) is 4.98 Å². The maximum atomic E-state index is 11.6. The summed E-state index contributed by atoms with van der Waals surface area (Å²) in [4.78, 5) is 15.7. The van der Waals surface area contributed by atoms with E-state index in [0.717, 1.165) is 25.0 Å². The second-order valence-electron chi connectivity index (χ2n) is 5.01. The van der Waals surface area contributed by atoms with Gasteiger partial charge in [0.15, 0.2) is 0 Å². The van der Waals surface area contributed by atoms with Gasteiger partial charge in [-0.1, -0.05) is 6.42 Å². The van der Waals surface area contributed by atoms with E-state index in [1.54, 1.807) is 23.9 Å². The first kappa shape index (κ1) is 13.4. The van der Waals surface area contributed by atoms with Crippen molar-refractivity contribution in [1.82, 2.24) is 9.55 Å². The fourth-order valence-electron chi connectivity index (χ4n) is 1.59. The molecule has 4 nitrogen and oxygen atoms in total. The number of aryl methyl sites for hydroxylation is 2. The van der Waals surface area contributed by atoms with Crippen LogP contribution in [-0.4, -0.2) is 9.55 Å². The van der Waals surface area contributed by atoms with E-state index >= 15 is 0 Å². The fourth-order valence-corrected chi connectivity index (χ4v) is 1.59. The third kappa shape index (κ3) is 4.39. The molecular weight excluding hydrogens is 214 g/mol. The van der Waals surface area contributed by atoms with Crippen LogP contribution in [0.5, 0.6) is 0 Å². The van der Waals surface area contributed by atoms with E-state index in [4.69, 9.17) is 5.26 Å². The highest BCUT2D eigenvalue weighted by atomic mass is 16.1. The Morgan fingerprint density at radius 3 is 2.76 bits per heavy atom. The lowest BCUT2D eigenvalue weighted by atomic mass is 9.89. The molecule has 0 aliphatic rings. The van der Waals surface area contributed by atoms with Crippen LogP contribution in [0.1, 0.15) is 38.8 Å². The van der Waals surface area contributed by atoms with Crippen LogP contribution in [0.15, 0.2) is 17.2 Å². The summed E-state index contributed by atoms with van der Waals surface area (Å²) in [6.45, 7) is 6.36. The topological polar surface area (TPSA) is 58.7 Å². The lowest BCUT2D eigenvalue weighted by molar-refractivity contribution is 0.415. The summed E-state index contributed by atoms with van der Waals surface area (Å²) < 4.78 is 1.62. The predicted octanol–water partition coefficient (Wildman–Crippen LogP) is 2.27. The van der Waals surface area contributed by atoms with Gasteiger partial charge in [0.25, 0.3) is 5.56 Å². The number of hydrogen-bond acceptors (Lipinski definition) is 3. The summed E-state index contributed by atoms with van der Waals surface area (Å²) in [5, 5.41) is 8.87. The molecular formula is C13H19N3O. The number of rotatable bonds is 5. The third-order valence-corrected chi connectivity index (χ3v) is 2.77. The smallest absolute Gasteiger partial charge is 0.253 e. The van der Waals surface area contributed by atoms with E-state index in [1.165, 1.54) is 0 Å². The highest BCUT2D eigenvalue weighted by Crippen LogP contribution is 2.21. The van der Waals surface area contributed by atoms with Gasteiger partial charge in [-0.15, -0.1) is 0 Å². The SMILES string of the molecule is Cc1cc(=O)n(CCCCC(C)(C)C#N)cn1. The van der Waals surface area contributed by atoms with Crippen LogP contribution in [0.25, 0.3) is 0 Å². The molecule has 0 saturated carbocycles. The van der Waals surface area contributed by atoms with Gasteiger partial charge in [-0.05, 0) is 33.6 Å². The van der Waals surface area contributed by atoms with Crippen molar-refractivity contribution in [3.8, 4) is 6.07 Å². The van der Waals surface area contributed by atoms with E-state index < -0.39 is 0 Å². The summed E-state index contributed by atoms with van der Waals surface area (Å²) in [6.07, 6.45) is 4.29. The van der Waals surface area contributed by atoms with Crippen molar-refractivity contribution < 1.29 is 0 Å². The number of unbranched alkanes of at least 4 members (excludes halogenated alkanes) is 1. The minimum atomic E-state index is -0.267. The van der Waals surface area contributed by atoms with Crippen molar-refractivity contribution in [2.45, 2.75) is 46.6 Å². The van der Waals surface area contributed by atoms with E-state index in [0.29, 0.717) is 6.54 Å². The molecule has 0 unspecified atom stereocenters. The number of nitrogens with zero attached hydrogens (tertiary/aromatic N) is 3. The van der Waals surface area contributed by atoms with Crippen molar-refractivity contribution >= 4 is 0 Å². The van der Waals surface area contributed by atoms with Crippen molar-refractivity contribution in [3.05, 3.63) is 28.4 Å². The summed E-state index contributed by atoms with van der Waals surface area (Å²) in [5.41, 5.74) is 0.477. The predicted molar refractivity (Wildman–Crippen MR) is 66.5 cm³/mol. The molecule has 0 saturated heterocycles. The molecule has 0 aromatic carbocycles. The zero-order chi connectivity index (χ0) is 12.9. The standard InChI is InChI=1S/C13H19N3O/c1-11-8-12(17)16(10-15-11)7-5-4-6-13(2,3)9-14/h8,10H,4-7H2,1-3H3. The summed E-state index contributed by atoms with van der Waals surface area (Å²) in [7, 11) is 0. The Morgan fingerprint density at radius 2 is 2.18 bits per heavy atom. The minimum absolute atomic E-state index is 0.00274. The van der Waals surface area contributed by atoms with E-state index in [-0.39, 0.29) is 11.0 Å². The lowest BCUT2D eigenvalue weighted by Gasteiger charge is -2.14. The Kier molecular flexibility index (Phi) is 4.45. The molecule has 0 bridgehead atoms. The molecule has 17 heavy (non-hydrogen) atoms. The van der Waals surface area contributed by atoms with Gasteiger partial charge < -0.3 is 0 Å². The molecule has 0 fully saturated rings. The van der Waals surface area contributed by atoms with Crippen molar-refractivity contribution in [1.29, 1.82) is 5.26 Å². The number of nitriles is 1. The Hall–Kier alpha value is -1.63. The second-order valence-corrected chi connectivity index (χ2v) is 5.01. The van der Waals surface area contributed by atoms with Crippen LogP contribution in [0.3, 0.4) is 0 Å². The third-order valence-electron chi connectivity index (χ3n) is 2.77. The van der Waals surface area contributed by atoms with Crippen LogP contribution in [0.4, 0.5) is 0 Å². The van der Waals surface area contributed by atoms with Gasteiger partial charge in [0.05, 0.1) is 17.8 Å². The molecule has 0 spiro atoms. The summed E-state index contributed by atoms with van der Waals surface area (Å²) in [5.74, 6) is 0. The van der Waals surface area contributed by atoms with Crippen molar-refractivity contribution in [2.24, 2.45) is 5.41 Å². The van der Waals surface area contributed by atoms with Gasteiger partial charge in [0.2, 0.25) is 0 Å². The van der Waals surface area contributed by atoms with Crippen molar-refractivity contribution in [3.63, 3.8) is 0 Å². The molecule has 1 heterocycles. The maximum absolute atomic E-state index is 11.6. The second kappa shape index (κ2) is 5.62. The first-order chi connectivity index (χ1) is 7.94. The zero-order valence-electron chi connectivity index (χ0n) is 10.7. The monoisotopic (exact) mass is 233 g/mol. The number of hydrogen-bond donors (Lipinski definition) is 0. The normalized spacial score (nSPS) is 11.2. The van der Waals surface area contributed by atoms with Crippen LogP contribution >= 0.6 is 0 Å². The summed E-state index contributed by atoms with van der Waals surface area (Å²) in [6, 6.07) is 3.82. The molecule has 1 aromatic rings. The highest BCUT2D eigenvalue weighted by molar-refractivity contribution is 4.96. The summed E-state index contributed by atoms with van der Waals surface area (Å²) >= 11 is 0. The van der Waals surface area contributed by atoms with Crippen LogP contribution < -0.4 is 5.56 Å². The molecule has 4 heteroatoms. The molecule has 1 rings (SSSR count). The molecule has 0 radical (unpaired) electrons.